The number of ether oxygens (including phenoxy) is 1. The summed E-state index contributed by atoms with van der Waals surface area (Å²) >= 11 is 0. The van der Waals surface area contributed by atoms with Gasteiger partial charge in [-0.1, -0.05) is 60.9 Å². The van der Waals surface area contributed by atoms with Crippen molar-refractivity contribution in [2.45, 2.75) is 71.0 Å². The molecule has 1 saturated carbocycles. The molecule has 1 aliphatic carbocycles. The molecule has 0 heterocycles. The lowest BCUT2D eigenvalue weighted by atomic mass is 10.1. The summed E-state index contributed by atoms with van der Waals surface area (Å²) in [6.45, 7) is 4.76. The summed E-state index contributed by atoms with van der Waals surface area (Å²) in [7, 11) is 0. The summed E-state index contributed by atoms with van der Waals surface area (Å²) in [5.74, 6) is 0.723. The average Bonchev–Trinajstić information content (AvgIpc) is 3.29. The van der Waals surface area contributed by atoms with Crippen molar-refractivity contribution < 1.29 is 14.3 Å². The number of carbonyl (C=O) groups is 2. The van der Waals surface area contributed by atoms with Gasteiger partial charge in [-0.3, -0.25) is 9.59 Å². The van der Waals surface area contributed by atoms with Gasteiger partial charge in [-0.25, -0.2) is 0 Å². The van der Waals surface area contributed by atoms with Crippen molar-refractivity contribution in [3.8, 4) is 5.75 Å². The molecule has 0 bridgehead atoms. The number of hydrogen-bond donors (Lipinski definition) is 1. The number of nitrogens with zero attached hydrogens (tertiary/aromatic N) is 1. The number of carbonyl (C=O) groups excluding carboxylic acids is 2. The molecule has 0 spiro atoms. The Morgan fingerprint density at radius 3 is 2.42 bits per heavy atom. The van der Waals surface area contributed by atoms with Crippen LogP contribution in [0.4, 0.5) is 0 Å². The SMILES string of the molecule is Cc1ccc(OCCCC(=O)N(Cc2ccccc2)[C@H](C)C(=O)NC2CCCC2)cc1. The van der Waals surface area contributed by atoms with Gasteiger partial charge < -0.3 is 15.0 Å². The van der Waals surface area contributed by atoms with E-state index in [-0.39, 0.29) is 17.9 Å². The molecule has 2 amide bonds. The van der Waals surface area contributed by atoms with Crippen LogP contribution >= 0.6 is 0 Å². The standard InChI is InChI=1S/C26H34N2O3/c1-20-14-16-24(17-15-20)31-18-8-13-25(29)28(19-22-9-4-3-5-10-22)21(2)26(30)27-23-11-6-7-12-23/h3-5,9-10,14-17,21,23H,6-8,11-13,18-19H2,1-2H3,(H,27,30)/t21-/m1/s1. The van der Waals surface area contributed by atoms with Crippen molar-refractivity contribution in [1.82, 2.24) is 10.2 Å². The highest BCUT2D eigenvalue weighted by Crippen LogP contribution is 2.19. The maximum atomic E-state index is 13.1. The lowest BCUT2D eigenvalue weighted by molar-refractivity contribution is -0.141. The highest BCUT2D eigenvalue weighted by atomic mass is 16.5. The van der Waals surface area contributed by atoms with E-state index in [0.29, 0.717) is 26.0 Å². The van der Waals surface area contributed by atoms with Crippen LogP contribution in [0.15, 0.2) is 54.6 Å². The number of aryl methyl sites for hydroxylation is 1. The van der Waals surface area contributed by atoms with Crippen LogP contribution in [0.3, 0.4) is 0 Å². The van der Waals surface area contributed by atoms with E-state index < -0.39 is 6.04 Å². The fraction of sp³-hybridized carbons (Fsp3) is 0.462. The quantitative estimate of drug-likeness (QED) is 0.568. The number of amides is 2. The molecule has 1 N–H and O–H groups in total. The molecule has 5 nitrogen and oxygen atoms in total. The summed E-state index contributed by atoms with van der Waals surface area (Å²) in [4.78, 5) is 27.6. The van der Waals surface area contributed by atoms with Gasteiger partial charge in [0.2, 0.25) is 11.8 Å². The van der Waals surface area contributed by atoms with Crippen molar-refractivity contribution in [3.63, 3.8) is 0 Å². The Morgan fingerprint density at radius 2 is 1.74 bits per heavy atom. The van der Waals surface area contributed by atoms with E-state index >= 15 is 0 Å². The molecular formula is C26H34N2O3. The molecular weight excluding hydrogens is 388 g/mol. The fourth-order valence-corrected chi connectivity index (χ4v) is 3.95. The van der Waals surface area contributed by atoms with Crippen molar-refractivity contribution in [1.29, 1.82) is 0 Å². The van der Waals surface area contributed by atoms with E-state index in [1.807, 2.05) is 68.4 Å². The highest BCUT2D eigenvalue weighted by molar-refractivity contribution is 5.87. The van der Waals surface area contributed by atoms with Crippen LogP contribution in [0.5, 0.6) is 5.75 Å². The third-order valence-electron chi connectivity index (χ3n) is 5.89. The smallest absolute Gasteiger partial charge is 0.242 e. The van der Waals surface area contributed by atoms with Gasteiger partial charge in [0.15, 0.2) is 0 Å². The average molecular weight is 423 g/mol. The van der Waals surface area contributed by atoms with Gasteiger partial charge in [0.05, 0.1) is 6.61 Å². The van der Waals surface area contributed by atoms with Gasteiger partial charge >= 0.3 is 0 Å². The summed E-state index contributed by atoms with van der Waals surface area (Å²) in [6.07, 6.45) is 5.33. The van der Waals surface area contributed by atoms with Gasteiger partial charge in [-0.15, -0.1) is 0 Å². The van der Waals surface area contributed by atoms with Crippen LogP contribution in [0.2, 0.25) is 0 Å². The van der Waals surface area contributed by atoms with Gasteiger partial charge in [-0.05, 0) is 50.8 Å². The van der Waals surface area contributed by atoms with Crippen molar-refractivity contribution in [2.75, 3.05) is 6.61 Å². The van der Waals surface area contributed by atoms with Crippen LogP contribution in [0.25, 0.3) is 0 Å². The zero-order valence-corrected chi connectivity index (χ0v) is 18.7. The molecule has 166 valence electrons. The minimum absolute atomic E-state index is 0.0227. The summed E-state index contributed by atoms with van der Waals surface area (Å²) < 4.78 is 5.76. The summed E-state index contributed by atoms with van der Waals surface area (Å²) in [5.41, 5.74) is 2.20. The summed E-state index contributed by atoms with van der Waals surface area (Å²) in [6, 6.07) is 17.5. The minimum atomic E-state index is -0.508. The van der Waals surface area contributed by atoms with Crippen molar-refractivity contribution in [2.24, 2.45) is 0 Å². The van der Waals surface area contributed by atoms with Crippen LogP contribution in [0, 0.1) is 6.92 Å². The van der Waals surface area contributed by atoms with Crippen molar-refractivity contribution >= 4 is 11.8 Å². The second kappa shape index (κ2) is 11.5. The van der Waals surface area contributed by atoms with E-state index in [4.69, 9.17) is 4.74 Å². The second-order valence-corrected chi connectivity index (χ2v) is 8.44. The molecule has 0 saturated heterocycles. The van der Waals surface area contributed by atoms with Gasteiger partial charge in [0.25, 0.3) is 0 Å². The first-order valence-electron chi connectivity index (χ1n) is 11.4. The molecule has 0 aromatic heterocycles. The largest absolute Gasteiger partial charge is 0.494 e. The Bertz CT molecular complexity index is 829. The second-order valence-electron chi connectivity index (χ2n) is 8.44. The number of hydrogen-bond acceptors (Lipinski definition) is 3. The van der Waals surface area contributed by atoms with Gasteiger partial charge in [0, 0.05) is 19.0 Å². The summed E-state index contributed by atoms with van der Waals surface area (Å²) in [5, 5.41) is 3.14. The van der Waals surface area contributed by atoms with Crippen LogP contribution in [0.1, 0.15) is 56.6 Å². The molecule has 31 heavy (non-hydrogen) atoms. The van der Waals surface area contributed by atoms with E-state index in [1.54, 1.807) is 4.90 Å². The molecule has 1 atom stereocenters. The molecule has 5 heteroatoms. The monoisotopic (exact) mass is 422 g/mol. The lowest BCUT2D eigenvalue weighted by Gasteiger charge is -2.30. The number of benzene rings is 2. The number of nitrogens with one attached hydrogen (secondary N) is 1. The molecule has 3 rings (SSSR count). The zero-order chi connectivity index (χ0) is 22.1. The maximum absolute atomic E-state index is 13.1. The first-order chi connectivity index (χ1) is 15.0. The highest BCUT2D eigenvalue weighted by Gasteiger charge is 2.28. The molecule has 2 aromatic rings. The molecule has 1 fully saturated rings. The van der Waals surface area contributed by atoms with Gasteiger partial charge in [-0.2, -0.15) is 0 Å². The van der Waals surface area contributed by atoms with E-state index in [2.05, 4.69) is 5.32 Å². The van der Waals surface area contributed by atoms with E-state index in [1.165, 1.54) is 5.56 Å². The minimum Gasteiger partial charge on any atom is -0.494 e. The molecule has 1 aliphatic rings. The van der Waals surface area contributed by atoms with Gasteiger partial charge in [0.1, 0.15) is 11.8 Å². The Hall–Kier alpha value is -2.82. The van der Waals surface area contributed by atoms with E-state index in [9.17, 15) is 9.59 Å². The predicted molar refractivity (Wildman–Crippen MR) is 123 cm³/mol. The molecule has 2 aromatic carbocycles. The normalized spacial score (nSPS) is 14.8. The van der Waals surface area contributed by atoms with Crippen LogP contribution in [-0.4, -0.2) is 35.4 Å². The maximum Gasteiger partial charge on any atom is 0.242 e. The fourth-order valence-electron chi connectivity index (χ4n) is 3.95. The molecule has 0 radical (unpaired) electrons. The third kappa shape index (κ3) is 7.12. The first-order valence-corrected chi connectivity index (χ1v) is 11.4. The molecule has 0 unspecified atom stereocenters. The Kier molecular flexibility index (Phi) is 8.51. The van der Waals surface area contributed by atoms with Crippen LogP contribution in [-0.2, 0) is 16.1 Å². The third-order valence-corrected chi connectivity index (χ3v) is 5.89. The molecule has 0 aliphatic heterocycles. The Labute approximate surface area is 185 Å². The topological polar surface area (TPSA) is 58.6 Å². The zero-order valence-electron chi connectivity index (χ0n) is 18.7. The van der Waals surface area contributed by atoms with Crippen molar-refractivity contribution in [3.05, 3.63) is 65.7 Å². The van der Waals surface area contributed by atoms with E-state index in [0.717, 1.165) is 37.0 Å². The predicted octanol–water partition coefficient (Wildman–Crippen LogP) is 4.63. The lowest BCUT2D eigenvalue weighted by Crippen LogP contribution is -2.49. The Morgan fingerprint density at radius 1 is 1.06 bits per heavy atom. The first kappa shape index (κ1) is 22.9. The number of rotatable bonds is 10. The van der Waals surface area contributed by atoms with Crippen LogP contribution < -0.4 is 10.1 Å². The Balaban J connectivity index is 1.56.